The smallest absolute Gasteiger partial charge is 0.326 e. The first-order valence-corrected chi connectivity index (χ1v) is 8.80. The number of aromatic hydroxyl groups is 1. The zero-order valence-corrected chi connectivity index (χ0v) is 15.9. The average Bonchev–Trinajstić information content (AvgIpc) is 2.71. The fourth-order valence-electron chi connectivity index (χ4n) is 1.89. The zero-order valence-electron chi connectivity index (χ0n) is 12.7. The van der Waals surface area contributed by atoms with E-state index in [-0.39, 0.29) is 21.8 Å². The van der Waals surface area contributed by atoms with Crippen LogP contribution in [0, 0.1) is 0 Å². The third kappa shape index (κ3) is 4.31. The van der Waals surface area contributed by atoms with Crippen molar-refractivity contribution in [1.82, 2.24) is 4.90 Å². The van der Waals surface area contributed by atoms with Gasteiger partial charge in [0, 0.05) is 0 Å². The van der Waals surface area contributed by atoms with E-state index in [9.17, 15) is 19.5 Å². The van der Waals surface area contributed by atoms with Crippen LogP contribution in [0.4, 0.5) is 4.79 Å². The number of benzene rings is 1. The first kappa shape index (κ1) is 18.8. The molecule has 1 aromatic carbocycles. The van der Waals surface area contributed by atoms with Crippen molar-refractivity contribution in [3.8, 4) is 5.75 Å². The summed E-state index contributed by atoms with van der Waals surface area (Å²) in [7, 11) is 0. The van der Waals surface area contributed by atoms with E-state index in [1.165, 1.54) is 12.1 Å². The molecule has 1 N–H and O–H groups in total. The molecule has 9 heteroatoms. The van der Waals surface area contributed by atoms with Crippen molar-refractivity contribution >= 4 is 62.5 Å². The summed E-state index contributed by atoms with van der Waals surface area (Å²) < 4.78 is 5.30. The van der Waals surface area contributed by atoms with Crippen LogP contribution in [0.5, 0.6) is 5.75 Å². The maximum atomic E-state index is 12.3. The zero-order chi connectivity index (χ0) is 18.0. The molecule has 0 aromatic heterocycles. The number of amides is 2. The molecular formula is C15H13BrClNO5S. The lowest BCUT2D eigenvalue weighted by molar-refractivity contribution is -0.149. The van der Waals surface area contributed by atoms with Gasteiger partial charge in [-0.25, -0.2) is 0 Å². The maximum absolute atomic E-state index is 12.3. The van der Waals surface area contributed by atoms with Gasteiger partial charge in [-0.1, -0.05) is 11.6 Å². The van der Waals surface area contributed by atoms with E-state index in [1.807, 2.05) is 0 Å². The molecule has 0 spiro atoms. The van der Waals surface area contributed by atoms with Gasteiger partial charge in [0.15, 0.2) is 0 Å². The minimum absolute atomic E-state index is 0.107. The highest BCUT2D eigenvalue weighted by molar-refractivity contribution is 9.10. The number of nitrogens with zero attached hydrogens (tertiary/aromatic N) is 1. The van der Waals surface area contributed by atoms with Gasteiger partial charge in [-0.2, -0.15) is 0 Å². The summed E-state index contributed by atoms with van der Waals surface area (Å²) >= 11 is 9.75. The Hall–Kier alpha value is -1.51. The number of imide groups is 1. The Morgan fingerprint density at radius 1 is 1.46 bits per heavy atom. The predicted octanol–water partition coefficient (Wildman–Crippen LogP) is 3.80. The minimum atomic E-state index is -0.649. The molecule has 24 heavy (non-hydrogen) atoms. The summed E-state index contributed by atoms with van der Waals surface area (Å²) in [5.74, 6) is -1.34. The molecule has 0 saturated carbocycles. The SMILES string of the molecule is CC(C)OC(=O)CN1C(=O)S/C(=C/c2cc(Cl)c(O)c(Br)c2)C1=O. The van der Waals surface area contributed by atoms with Crippen molar-refractivity contribution < 1.29 is 24.2 Å². The van der Waals surface area contributed by atoms with Crippen LogP contribution in [0.3, 0.4) is 0 Å². The number of phenolic OH excluding ortho intramolecular Hbond substituents is 1. The first-order valence-electron chi connectivity index (χ1n) is 6.82. The summed E-state index contributed by atoms with van der Waals surface area (Å²) in [5, 5.41) is 9.17. The molecule has 1 aliphatic heterocycles. The Balaban J connectivity index is 2.20. The number of carbonyl (C=O) groups excluding carboxylic acids is 3. The van der Waals surface area contributed by atoms with E-state index >= 15 is 0 Å². The third-order valence-electron chi connectivity index (χ3n) is 2.86. The summed E-state index contributed by atoms with van der Waals surface area (Å²) in [6, 6.07) is 3.02. The molecule has 0 unspecified atom stereocenters. The van der Waals surface area contributed by atoms with Crippen LogP contribution in [-0.4, -0.2) is 39.8 Å². The fraction of sp³-hybridized carbons (Fsp3) is 0.267. The number of phenols is 1. The molecule has 1 heterocycles. The van der Waals surface area contributed by atoms with Crippen LogP contribution in [0.15, 0.2) is 21.5 Å². The molecule has 1 saturated heterocycles. The highest BCUT2D eigenvalue weighted by Gasteiger charge is 2.36. The topological polar surface area (TPSA) is 83.9 Å². The molecule has 1 aliphatic rings. The van der Waals surface area contributed by atoms with E-state index in [2.05, 4.69) is 15.9 Å². The highest BCUT2D eigenvalue weighted by atomic mass is 79.9. The van der Waals surface area contributed by atoms with Gasteiger partial charge in [-0.05, 0) is 65.3 Å². The number of carbonyl (C=O) groups is 3. The van der Waals surface area contributed by atoms with Gasteiger partial charge in [0.1, 0.15) is 12.3 Å². The Kier molecular flexibility index (Phi) is 5.95. The summed E-state index contributed by atoms with van der Waals surface area (Å²) in [6.45, 7) is 2.93. The second kappa shape index (κ2) is 7.58. The standard InChI is InChI=1S/C15H13BrClNO5S/c1-7(2)23-12(19)6-18-14(21)11(24-15(18)22)5-8-3-9(16)13(20)10(17)4-8/h3-5,7,20H,6H2,1-2H3/b11-5+. The lowest BCUT2D eigenvalue weighted by atomic mass is 10.2. The summed E-state index contributed by atoms with van der Waals surface area (Å²) in [5.41, 5.74) is 0.528. The minimum Gasteiger partial charge on any atom is -0.505 e. The van der Waals surface area contributed by atoms with Crippen LogP contribution in [0.1, 0.15) is 19.4 Å². The maximum Gasteiger partial charge on any atom is 0.326 e. The summed E-state index contributed by atoms with van der Waals surface area (Å²) in [6.07, 6.45) is 1.14. The summed E-state index contributed by atoms with van der Waals surface area (Å²) in [4.78, 5) is 36.9. The van der Waals surface area contributed by atoms with Crippen LogP contribution in [0.25, 0.3) is 6.08 Å². The van der Waals surface area contributed by atoms with Crippen molar-refractivity contribution in [2.24, 2.45) is 0 Å². The molecule has 1 aromatic rings. The largest absolute Gasteiger partial charge is 0.505 e. The number of halogens is 2. The lowest BCUT2D eigenvalue weighted by Gasteiger charge is -2.13. The Morgan fingerprint density at radius 3 is 2.71 bits per heavy atom. The van der Waals surface area contributed by atoms with Crippen molar-refractivity contribution in [1.29, 1.82) is 0 Å². The predicted molar refractivity (Wildman–Crippen MR) is 94.7 cm³/mol. The van der Waals surface area contributed by atoms with Crippen LogP contribution >= 0.6 is 39.3 Å². The van der Waals surface area contributed by atoms with Gasteiger partial charge in [-0.3, -0.25) is 19.3 Å². The van der Waals surface area contributed by atoms with Crippen molar-refractivity contribution in [3.05, 3.63) is 32.1 Å². The van der Waals surface area contributed by atoms with Crippen LogP contribution < -0.4 is 0 Å². The molecule has 2 rings (SSSR count). The first-order chi connectivity index (χ1) is 11.2. The van der Waals surface area contributed by atoms with Crippen LogP contribution in [-0.2, 0) is 14.3 Å². The van der Waals surface area contributed by atoms with Gasteiger partial charge >= 0.3 is 5.97 Å². The highest BCUT2D eigenvalue weighted by Crippen LogP contribution is 2.36. The molecule has 6 nitrogen and oxygen atoms in total. The molecule has 0 radical (unpaired) electrons. The Bertz CT molecular complexity index is 726. The molecule has 1 fully saturated rings. The monoisotopic (exact) mass is 433 g/mol. The van der Waals surface area contributed by atoms with Gasteiger partial charge in [0.2, 0.25) is 0 Å². The normalized spacial score (nSPS) is 16.4. The van der Waals surface area contributed by atoms with E-state index in [4.69, 9.17) is 16.3 Å². The molecular weight excluding hydrogens is 422 g/mol. The number of ether oxygens (including phenoxy) is 1. The van der Waals surface area contributed by atoms with E-state index in [1.54, 1.807) is 19.9 Å². The van der Waals surface area contributed by atoms with Gasteiger partial charge in [0.05, 0.1) is 20.5 Å². The second-order valence-corrected chi connectivity index (χ2v) is 7.39. The fourth-order valence-corrected chi connectivity index (χ4v) is 3.54. The molecule has 0 atom stereocenters. The molecule has 2 amide bonds. The third-order valence-corrected chi connectivity index (χ3v) is 4.66. The van der Waals surface area contributed by atoms with E-state index < -0.39 is 23.7 Å². The number of thioether (sulfide) groups is 1. The second-order valence-electron chi connectivity index (χ2n) is 5.14. The van der Waals surface area contributed by atoms with Crippen molar-refractivity contribution in [3.63, 3.8) is 0 Å². The van der Waals surface area contributed by atoms with Crippen molar-refractivity contribution in [2.75, 3.05) is 6.54 Å². The van der Waals surface area contributed by atoms with E-state index in [0.717, 1.165) is 16.7 Å². The quantitative estimate of drug-likeness (QED) is 0.573. The number of hydrogen-bond acceptors (Lipinski definition) is 6. The van der Waals surface area contributed by atoms with Gasteiger partial charge < -0.3 is 9.84 Å². The number of rotatable bonds is 4. The van der Waals surface area contributed by atoms with Gasteiger partial charge in [-0.15, -0.1) is 0 Å². The van der Waals surface area contributed by atoms with Crippen molar-refractivity contribution in [2.45, 2.75) is 20.0 Å². The average molecular weight is 435 g/mol. The number of hydrogen-bond donors (Lipinski definition) is 1. The van der Waals surface area contributed by atoms with Crippen LogP contribution in [0.2, 0.25) is 5.02 Å². The molecule has 128 valence electrons. The molecule has 0 bridgehead atoms. The molecule has 0 aliphatic carbocycles. The lowest BCUT2D eigenvalue weighted by Crippen LogP contribution is -2.35. The Labute approximate surface area is 155 Å². The Morgan fingerprint density at radius 2 is 2.12 bits per heavy atom. The number of esters is 1. The van der Waals surface area contributed by atoms with Gasteiger partial charge in [0.25, 0.3) is 11.1 Å². The van der Waals surface area contributed by atoms with E-state index in [0.29, 0.717) is 10.0 Å².